The van der Waals surface area contributed by atoms with Crippen LogP contribution < -0.4 is 22.1 Å². The Balaban J connectivity index is 4.23. The molecule has 0 aliphatic rings. The van der Waals surface area contributed by atoms with Crippen LogP contribution in [-0.2, 0) is 9.59 Å². The van der Waals surface area contributed by atoms with Crippen LogP contribution in [0.15, 0.2) is 0 Å². The van der Waals surface area contributed by atoms with Gasteiger partial charge in [0.05, 0.1) is 0 Å². The predicted molar refractivity (Wildman–Crippen MR) is 76.4 cm³/mol. The number of rotatable bonds is 10. The topological polar surface area (TPSA) is 110 Å². The van der Waals surface area contributed by atoms with Gasteiger partial charge in [-0.25, -0.2) is 0 Å². The lowest BCUT2D eigenvalue weighted by molar-refractivity contribution is -0.122. The van der Waals surface area contributed by atoms with Crippen molar-refractivity contribution in [3.05, 3.63) is 0 Å². The summed E-state index contributed by atoms with van der Waals surface area (Å²) in [5, 5.41) is 5.84. The second-order valence-electron chi connectivity index (χ2n) is 4.75. The summed E-state index contributed by atoms with van der Waals surface area (Å²) in [5.74, 6) is -0.0141. The van der Waals surface area contributed by atoms with E-state index in [1.54, 1.807) is 0 Å². The fourth-order valence-corrected chi connectivity index (χ4v) is 2.00. The third-order valence-corrected chi connectivity index (χ3v) is 2.99. The molecule has 6 N–H and O–H groups in total. The highest BCUT2D eigenvalue weighted by molar-refractivity contribution is 5.75. The third kappa shape index (κ3) is 9.44. The van der Waals surface area contributed by atoms with E-state index in [1.165, 1.54) is 6.92 Å². The van der Waals surface area contributed by atoms with Crippen molar-refractivity contribution in [3.8, 4) is 0 Å². The molecule has 6 heteroatoms. The molecule has 0 bridgehead atoms. The van der Waals surface area contributed by atoms with Crippen LogP contribution in [0.25, 0.3) is 0 Å². The molecule has 0 aliphatic heterocycles. The van der Waals surface area contributed by atoms with Gasteiger partial charge < -0.3 is 22.1 Å². The molecule has 6 nitrogen and oxygen atoms in total. The van der Waals surface area contributed by atoms with Crippen LogP contribution in [0.1, 0.15) is 46.0 Å². The summed E-state index contributed by atoms with van der Waals surface area (Å²) in [7, 11) is 0. The van der Waals surface area contributed by atoms with Gasteiger partial charge >= 0.3 is 0 Å². The lowest BCUT2D eigenvalue weighted by Gasteiger charge is -2.22. The summed E-state index contributed by atoms with van der Waals surface area (Å²) >= 11 is 0. The molecule has 0 rings (SSSR count). The molecule has 0 saturated heterocycles. The molecule has 0 heterocycles. The summed E-state index contributed by atoms with van der Waals surface area (Å²) in [4.78, 5) is 22.5. The molecule has 2 unspecified atom stereocenters. The summed E-state index contributed by atoms with van der Waals surface area (Å²) in [6.07, 6.45) is 3.57. The maximum absolute atomic E-state index is 11.4. The Morgan fingerprint density at radius 3 is 1.79 bits per heavy atom. The number of carbonyl (C=O) groups excluding carboxylic acids is 2. The highest BCUT2D eigenvalue weighted by Gasteiger charge is 2.15. The molecule has 2 amide bonds. The minimum Gasteiger partial charge on any atom is -0.354 e. The Bertz CT molecular complexity index is 271. The van der Waals surface area contributed by atoms with Gasteiger partial charge in [0.25, 0.3) is 0 Å². The predicted octanol–water partition coefficient (Wildman–Crippen LogP) is -0.136. The van der Waals surface area contributed by atoms with Gasteiger partial charge in [0, 0.05) is 25.4 Å². The van der Waals surface area contributed by atoms with Gasteiger partial charge in [-0.3, -0.25) is 9.59 Å². The minimum atomic E-state index is -0.0496. The summed E-state index contributed by atoms with van der Waals surface area (Å²) in [6.45, 7) is 4.40. The fourth-order valence-electron chi connectivity index (χ4n) is 2.00. The van der Waals surface area contributed by atoms with Crippen LogP contribution in [0.2, 0.25) is 0 Å². The third-order valence-electron chi connectivity index (χ3n) is 2.99. The average Bonchev–Trinajstić information content (AvgIpc) is 2.35. The number of nitrogens with one attached hydrogen (secondary N) is 2. The van der Waals surface area contributed by atoms with E-state index in [9.17, 15) is 9.59 Å². The minimum absolute atomic E-state index is 0.0355. The molecule has 0 saturated carbocycles. The van der Waals surface area contributed by atoms with Crippen molar-refractivity contribution < 1.29 is 9.59 Å². The van der Waals surface area contributed by atoms with Crippen LogP contribution in [0.3, 0.4) is 0 Å². The van der Waals surface area contributed by atoms with E-state index in [1.807, 2.05) is 6.92 Å². The highest BCUT2D eigenvalue weighted by atomic mass is 16.2. The van der Waals surface area contributed by atoms with Crippen molar-refractivity contribution in [2.24, 2.45) is 11.5 Å². The molecule has 0 aliphatic carbocycles. The van der Waals surface area contributed by atoms with E-state index in [0.29, 0.717) is 19.5 Å². The number of nitrogens with two attached hydrogens (primary N) is 2. The van der Waals surface area contributed by atoms with Gasteiger partial charge in [-0.1, -0.05) is 6.92 Å². The first-order valence-electron chi connectivity index (χ1n) is 7.00. The van der Waals surface area contributed by atoms with Gasteiger partial charge in [-0.05, 0) is 38.8 Å². The molecule has 0 spiro atoms. The van der Waals surface area contributed by atoms with E-state index in [-0.39, 0.29) is 23.9 Å². The molecular weight excluding hydrogens is 244 g/mol. The van der Waals surface area contributed by atoms with Crippen LogP contribution in [0, 0.1) is 0 Å². The Morgan fingerprint density at radius 1 is 0.947 bits per heavy atom. The molecule has 19 heavy (non-hydrogen) atoms. The zero-order valence-electron chi connectivity index (χ0n) is 12.1. The Kier molecular flexibility index (Phi) is 10.1. The average molecular weight is 272 g/mol. The van der Waals surface area contributed by atoms with E-state index in [4.69, 9.17) is 11.5 Å². The quantitative estimate of drug-likeness (QED) is 0.444. The van der Waals surface area contributed by atoms with Gasteiger partial charge in [0.2, 0.25) is 11.8 Å². The zero-order valence-corrected chi connectivity index (χ0v) is 12.1. The van der Waals surface area contributed by atoms with Crippen molar-refractivity contribution >= 4 is 11.8 Å². The van der Waals surface area contributed by atoms with Crippen molar-refractivity contribution in [2.45, 2.75) is 58.0 Å². The van der Waals surface area contributed by atoms with E-state index in [0.717, 1.165) is 25.7 Å². The van der Waals surface area contributed by atoms with E-state index < -0.39 is 0 Å². The molecule has 0 aromatic rings. The number of hydrogen-bond acceptors (Lipinski definition) is 4. The Morgan fingerprint density at radius 2 is 1.42 bits per heavy atom. The largest absolute Gasteiger partial charge is 0.354 e. The van der Waals surface area contributed by atoms with E-state index in [2.05, 4.69) is 10.6 Å². The molecule has 0 aromatic carbocycles. The lowest BCUT2D eigenvalue weighted by atomic mass is 10.0. The lowest BCUT2D eigenvalue weighted by Crippen LogP contribution is -2.39. The van der Waals surface area contributed by atoms with Crippen molar-refractivity contribution in [1.82, 2.24) is 10.6 Å². The molecule has 0 radical (unpaired) electrons. The number of carbonyl (C=O) groups is 2. The molecular formula is C13H28N4O2. The van der Waals surface area contributed by atoms with Gasteiger partial charge in [-0.15, -0.1) is 0 Å². The SMILES string of the molecule is CCC(=O)NC(CCN)CCC(CCN)NC(C)=O. The molecule has 112 valence electrons. The first-order valence-corrected chi connectivity index (χ1v) is 7.00. The van der Waals surface area contributed by atoms with Crippen molar-refractivity contribution in [3.63, 3.8) is 0 Å². The van der Waals surface area contributed by atoms with Crippen molar-refractivity contribution in [2.75, 3.05) is 13.1 Å². The Labute approximate surface area is 115 Å². The molecule has 0 aromatic heterocycles. The van der Waals surface area contributed by atoms with E-state index >= 15 is 0 Å². The second-order valence-corrected chi connectivity index (χ2v) is 4.75. The van der Waals surface area contributed by atoms with Crippen LogP contribution >= 0.6 is 0 Å². The monoisotopic (exact) mass is 272 g/mol. The summed E-state index contributed by atoms with van der Waals surface area (Å²) < 4.78 is 0. The number of hydrogen-bond donors (Lipinski definition) is 4. The van der Waals surface area contributed by atoms with Crippen LogP contribution in [0.5, 0.6) is 0 Å². The smallest absolute Gasteiger partial charge is 0.219 e. The summed E-state index contributed by atoms with van der Waals surface area (Å²) in [6, 6.07) is 0.146. The number of amides is 2. The standard InChI is InChI=1S/C13H28N4O2/c1-3-13(19)17-12(7-9-15)5-4-11(6-8-14)16-10(2)18/h11-12H,3-9,14-15H2,1-2H3,(H,16,18)(H,17,19). The molecule has 0 fully saturated rings. The highest BCUT2D eigenvalue weighted by Crippen LogP contribution is 2.07. The second kappa shape index (κ2) is 10.8. The van der Waals surface area contributed by atoms with Crippen LogP contribution in [-0.4, -0.2) is 37.0 Å². The first kappa shape index (κ1) is 17.9. The van der Waals surface area contributed by atoms with Gasteiger partial charge in [-0.2, -0.15) is 0 Å². The van der Waals surface area contributed by atoms with Gasteiger partial charge in [0.1, 0.15) is 0 Å². The fraction of sp³-hybridized carbons (Fsp3) is 0.846. The van der Waals surface area contributed by atoms with Crippen molar-refractivity contribution in [1.29, 1.82) is 0 Å². The maximum atomic E-state index is 11.4. The van der Waals surface area contributed by atoms with Gasteiger partial charge in [0.15, 0.2) is 0 Å². The zero-order chi connectivity index (χ0) is 14.7. The maximum Gasteiger partial charge on any atom is 0.219 e. The Hall–Kier alpha value is -1.14. The van der Waals surface area contributed by atoms with Crippen LogP contribution in [0.4, 0.5) is 0 Å². The summed E-state index contributed by atoms with van der Waals surface area (Å²) in [5.41, 5.74) is 11.1. The normalized spacial score (nSPS) is 13.7. The molecule has 2 atom stereocenters. The first-order chi connectivity index (χ1) is 9.03.